The Labute approximate surface area is 140 Å². The van der Waals surface area contributed by atoms with Crippen LogP contribution in [0.25, 0.3) is 0 Å². The van der Waals surface area contributed by atoms with E-state index in [0.29, 0.717) is 12.6 Å². The van der Waals surface area contributed by atoms with Crippen LogP contribution in [0, 0.1) is 0 Å². The normalized spacial score (nSPS) is 22.2. The number of nitrogens with one attached hydrogen (secondary N) is 3. The molecule has 0 atom stereocenters. The summed E-state index contributed by atoms with van der Waals surface area (Å²) in [5, 5.41) is 6.68. The first-order valence-electron chi connectivity index (χ1n) is 8.39. The number of guanidine groups is 1. The highest BCUT2D eigenvalue weighted by atomic mass is 32.2. The molecule has 0 aromatic carbocycles. The zero-order valence-electron chi connectivity index (χ0n) is 14.7. The van der Waals surface area contributed by atoms with E-state index in [1.54, 1.807) is 7.05 Å². The molecule has 0 amide bonds. The summed E-state index contributed by atoms with van der Waals surface area (Å²) in [7, 11) is -1.49. The van der Waals surface area contributed by atoms with E-state index in [0.717, 1.165) is 37.9 Å². The van der Waals surface area contributed by atoms with Gasteiger partial charge in [-0.3, -0.25) is 4.99 Å². The largest absolute Gasteiger partial charge is 0.355 e. The smallest absolute Gasteiger partial charge is 0.209 e. The van der Waals surface area contributed by atoms with E-state index in [2.05, 4.69) is 25.2 Å². The number of sulfonamides is 1. The minimum absolute atomic E-state index is 0.433. The van der Waals surface area contributed by atoms with Gasteiger partial charge in [0.2, 0.25) is 10.0 Å². The second-order valence-electron chi connectivity index (χ2n) is 7.37. The predicted octanol–water partition coefficient (Wildman–Crippen LogP) is 0.106. The van der Waals surface area contributed by atoms with Crippen molar-refractivity contribution in [1.29, 1.82) is 0 Å². The molecule has 2 aliphatic rings. The molecule has 1 saturated carbocycles. The molecule has 0 bridgehead atoms. The Morgan fingerprint density at radius 1 is 1.22 bits per heavy atom. The summed E-state index contributed by atoms with van der Waals surface area (Å²) in [6.45, 7) is 6.48. The van der Waals surface area contributed by atoms with Gasteiger partial charge in [0, 0.05) is 44.3 Å². The van der Waals surface area contributed by atoms with Crippen LogP contribution < -0.4 is 15.4 Å². The highest BCUT2D eigenvalue weighted by Crippen LogP contribution is 2.29. The zero-order chi connectivity index (χ0) is 17.1. The molecule has 1 aliphatic heterocycles. The standard InChI is InChI=1S/C15H31N5O2S/c1-15(2,19-23(4,21)22)11-17-14(16-3)18-12-7-9-20(10-8-12)13-5-6-13/h12-13,19H,5-11H2,1-4H3,(H2,16,17,18). The molecule has 0 aromatic heterocycles. The van der Waals surface area contributed by atoms with Crippen LogP contribution in [0.5, 0.6) is 0 Å². The van der Waals surface area contributed by atoms with E-state index >= 15 is 0 Å². The third kappa shape index (κ3) is 6.64. The third-order valence-corrected chi connectivity index (χ3v) is 5.24. The van der Waals surface area contributed by atoms with Gasteiger partial charge in [0.05, 0.1) is 6.26 Å². The molecule has 23 heavy (non-hydrogen) atoms. The highest BCUT2D eigenvalue weighted by molar-refractivity contribution is 7.88. The van der Waals surface area contributed by atoms with Gasteiger partial charge in [-0.1, -0.05) is 0 Å². The number of nitrogens with zero attached hydrogens (tertiary/aromatic N) is 2. The van der Waals surface area contributed by atoms with Gasteiger partial charge in [-0.15, -0.1) is 0 Å². The first-order chi connectivity index (χ1) is 10.7. The van der Waals surface area contributed by atoms with Crippen LogP contribution in [0.3, 0.4) is 0 Å². The number of likely N-dealkylation sites (tertiary alicyclic amines) is 1. The summed E-state index contributed by atoms with van der Waals surface area (Å²) in [4.78, 5) is 6.84. The van der Waals surface area contributed by atoms with E-state index in [1.165, 1.54) is 19.1 Å². The second kappa shape index (κ2) is 7.36. The maximum absolute atomic E-state index is 11.4. The molecule has 1 aliphatic carbocycles. The summed E-state index contributed by atoms with van der Waals surface area (Å²) >= 11 is 0. The Bertz CT molecular complexity index is 520. The Kier molecular flexibility index (Phi) is 5.91. The first-order valence-corrected chi connectivity index (χ1v) is 10.3. The van der Waals surface area contributed by atoms with Crippen molar-refractivity contribution in [3.8, 4) is 0 Å². The Hall–Kier alpha value is -0.860. The molecular weight excluding hydrogens is 314 g/mol. The SMILES string of the molecule is CN=C(NCC(C)(C)NS(C)(=O)=O)NC1CCN(C2CC2)CC1. The average Bonchev–Trinajstić information content (AvgIpc) is 3.26. The van der Waals surface area contributed by atoms with Crippen molar-refractivity contribution in [1.82, 2.24) is 20.3 Å². The van der Waals surface area contributed by atoms with Crippen molar-refractivity contribution in [2.75, 3.05) is 32.9 Å². The lowest BCUT2D eigenvalue weighted by atomic mass is 10.0. The van der Waals surface area contributed by atoms with Gasteiger partial charge in [-0.2, -0.15) is 0 Å². The summed E-state index contributed by atoms with van der Waals surface area (Å²) in [6.07, 6.45) is 6.16. The van der Waals surface area contributed by atoms with E-state index in [9.17, 15) is 8.42 Å². The van der Waals surface area contributed by atoms with Gasteiger partial charge in [-0.25, -0.2) is 13.1 Å². The van der Waals surface area contributed by atoms with E-state index in [1.807, 2.05) is 13.8 Å². The number of hydrogen-bond acceptors (Lipinski definition) is 4. The Morgan fingerprint density at radius 2 is 1.83 bits per heavy atom. The van der Waals surface area contributed by atoms with Crippen molar-refractivity contribution < 1.29 is 8.42 Å². The monoisotopic (exact) mass is 345 g/mol. The molecule has 2 rings (SSSR count). The molecular formula is C15H31N5O2S. The molecule has 0 unspecified atom stereocenters. The van der Waals surface area contributed by atoms with Crippen molar-refractivity contribution in [2.45, 2.75) is 57.2 Å². The molecule has 0 aromatic rings. The van der Waals surface area contributed by atoms with E-state index < -0.39 is 15.6 Å². The van der Waals surface area contributed by atoms with Gasteiger partial charge in [0.15, 0.2) is 5.96 Å². The lowest BCUT2D eigenvalue weighted by Crippen LogP contribution is -2.55. The summed E-state index contributed by atoms with van der Waals surface area (Å²) in [5.74, 6) is 0.734. The molecule has 1 heterocycles. The summed E-state index contributed by atoms with van der Waals surface area (Å²) in [6, 6.07) is 1.28. The Morgan fingerprint density at radius 3 is 2.30 bits per heavy atom. The van der Waals surface area contributed by atoms with Gasteiger partial charge in [0.1, 0.15) is 0 Å². The molecule has 8 heteroatoms. The van der Waals surface area contributed by atoms with Crippen molar-refractivity contribution in [3.05, 3.63) is 0 Å². The number of aliphatic imine (C=N–C) groups is 1. The van der Waals surface area contributed by atoms with Crippen LogP contribution in [0.4, 0.5) is 0 Å². The molecule has 7 nitrogen and oxygen atoms in total. The van der Waals surface area contributed by atoms with Gasteiger partial charge >= 0.3 is 0 Å². The van der Waals surface area contributed by atoms with Crippen LogP contribution in [0.1, 0.15) is 39.5 Å². The summed E-state index contributed by atoms with van der Waals surface area (Å²) in [5.41, 5.74) is -0.569. The van der Waals surface area contributed by atoms with Crippen LogP contribution in [-0.2, 0) is 10.0 Å². The highest BCUT2D eigenvalue weighted by Gasteiger charge is 2.32. The predicted molar refractivity (Wildman–Crippen MR) is 94.2 cm³/mol. The van der Waals surface area contributed by atoms with Gasteiger partial charge in [0.25, 0.3) is 0 Å². The third-order valence-electron chi connectivity index (χ3n) is 4.32. The first kappa shape index (κ1) is 18.5. The molecule has 134 valence electrons. The van der Waals surface area contributed by atoms with Crippen LogP contribution in [0.15, 0.2) is 4.99 Å². The molecule has 0 radical (unpaired) electrons. The minimum atomic E-state index is -3.23. The van der Waals surface area contributed by atoms with E-state index in [-0.39, 0.29) is 0 Å². The molecule has 0 spiro atoms. The Balaban J connectivity index is 1.75. The fourth-order valence-electron chi connectivity index (χ4n) is 3.08. The van der Waals surface area contributed by atoms with Crippen molar-refractivity contribution >= 4 is 16.0 Å². The minimum Gasteiger partial charge on any atom is -0.355 e. The topological polar surface area (TPSA) is 85.8 Å². The van der Waals surface area contributed by atoms with Crippen molar-refractivity contribution in [3.63, 3.8) is 0 Å². The van der Waals surface area contributed by atoms with Gasteiger partial charge in [-0.05, 0) is 39.5 Å². The van der Waals surface area contributed by atoms with Gasteiger partial charge < -0.3 is 15.5 Å². The fourth-order valence-corrected chi connectivity index (χ4v) is 4.16. The molecule has 3 N–H and O–H groups in total. The zero-order valence-corrected chi connectivity index (χ0v) is 15.5. The fraction of sp³-hybridized carbons (Fsp3) is 0.933. The van der Waals surface area contributed by atoms with Crippen LogP contribution in [0.2, 0.25) is 0 Å². The van der Waals surface area contributed by atoms with Crippen LogP contribution in [-0.4, -0.2) is 69.8 Å². The van der Waals surface area contributed by atoms with Crippen molar-refractivity contribution in [2.24, 2.45) is 4.99 Å². The maximum Gasteiger partial charge on any atom is 0.209 e. The number of rotatable bonds is 6. The summed E-state index contributed by atoms with van der Waals surface area (Å²) < 4.78 is 25.4. The quantitative estimate of drug-likeness (QED) is 0.470. The second-order valence-corrected chi connectivity index (χ2v) is 9.12. The van der Waals surface area contributed by atoms with E-state index in [4.69, 9.17) is 0 Å². The molecule has 2 fully saturated rings. The maximum atomic E-state index is 11.4. The number of piperidine rings is 1. The van der Waals surface area contributed by atoms with Crippen LogP contribution >= 0.6 is 0 Å². The lowest BCUT2D eigenvalue weighted by molar-refractivity contribution is 0.197. The molecule has 1 saturated heterocycles. The number of hydrogen-bond donors (Lipinski definition) is 3. The average molecular weight is 346 g/mol. The lowest BCUT2D eigenvalue weighted by Gasteiger charge is -2.33.